The van der Waals surface area contributed by atoms with E-state index in [1.165, 1.54) is 16.7 Å². The van der Waals surface area contributed by atoms with Crippen LogP contribution in [0.5, 0.6) is 0 Å². The van der Waals surface area contributed by atoms with Crippen molar-refractivity contribution in [3.63, 3.8) is 0 Å². The fourth-order valence-corrected chi connectivity index (χ4v) is 4.33. The lowest BCUT2D eigenvalue weighted by atomic mass is 10.2. The van der Waals surface area contributed by atoms with Crippen LogP contribution < -0.4 is 0 Å². The van der Waals surface area contributed by atoms with Crippen LogP contribution in [0.25, 0.3) is 0 Å². The van der Waals surface area contributed by atoms with Gasteiger partial charge in [-0.15, -0.1) is 0 Å². The van der Waals surface area contributed by atoms with E-state index in [0.717, 1.165) is 6.42 Å². The highest BCUT2D eigenvalue weighted by Crippen LogP contribution is 2.28. The molecule has 2 aromatic rings. The van der Waals surface area contributed by atoms with Crippen molar-refractivity contribution in [2.75, 3.05) is 6.61 Å². The van der Waals surface area contributed by atoms with Gasteiger partial charge in [0.25, 0.3) is 0 Å². The van der Waals surface area contributed by atoms with E-state index in [4.69, 9.17) is 13.9 Å². The molecule has 27 heavy (non-hydrogen) atoms. The number of rotatable bonds is 9. The normalized spacial score (nSPS) is 19.9. The van der Waals surface area contributed by atoms with Gasteiger partial charge in [0.2, 0.25) is 0 Å². The van der Waals surface area contributed by atoms with Crippen molar-refractivity contribution in [2.45, 2.75) is 51.5 Å². The Morgan fingerprint density at radius 3 is 2.00 bits per heavy atom. The minimum absolute atomic E-state index is 0.0577. The monoisotopic (exact) mass is 382 g/mol. The van der Waals surface area contributed by atoms with Gasteiger partial charge in [-0.1, -0.05) is 66.7 Å². The smallest absolute Gasteiger partial charge is 0.184 e. The van der Waals surface area contributed by atoms with E-state index >= 15 is 0 Å². The second-order valence-electron chi connectivity index (χ2n) is 8.01. The summed E-state index contributed by atoms with van der Waals surface area (Å²) in [5.41, 5.74) is 3.58. The molecule has 0 bridgehead atoms. The third-order valence-electron chi connectivity index (χ3n) is 4.44. The first kappa shape index (κ1) is 20.0. The number of hydrogen-bond donors (Lipinski definition) is 0. The van der Waals surface area contributed by atoms with Crippen molar-refractivity contribution in [3.05, 3.63) is 83.4 Å². The lowest BCUT2D eigenvalue weighted by Crippen LogP contribution is -2.31. The average Bonchev–Trinajstić information content (AvgIpc) is 3.01. The van der Waals surface area contributed by atoms with E-state index in [-0.39, 0.29) is 12.2 Å². The molecular formula is C23H30O3Si. The minimum Gasteiger partial charge on any atom is -0.411 e. The molecule has 0 aromatic heterocycles. The molecule has 0 amide bonds. The molecule has 3 rings (SSSR count). The third kappa shape index (κ3) is 6.74. The summed E-state index contributed by atoms with van der Waals surface area (Å²) >= 11 is 0. The molecule has 2 atom stereocenters. The van der Waals surface area contributed by atoms with Gasteiger partial charge in [0.15, 0.2) is 8.32 Å². The number of hydrogen-bond acceptors (Lipinski definition) is 3. The Labute approximate surface area is 164 Å². The molecule has 4 heteroatoms. The fourth-order valence-electron chi connectivity index (χ4n) is 3.26. The van der Waals surface area contributed by atoms with Gasteiger partial charge in [-0.25, -0.2) is 0 Å². The molecule has 0 saturated heterocycles. The Kier molecular flexibility index (Phi) is 7.02. The molecule has 2 aromatic carbocycles. The first-order valence-corrected chi connectivity index (χ1v) is 13.1. The van der Waals surface area contributed by atoms with Crippen molar-refractivity contribution in [2.24, 2.45) is 0 Å². The topological polar surface area (TPSA) is 27.7 Å². The zero-order chi connectivity index (χ0) is 19.1. The summed E-state index contributed by atoms with van der Waals surface area (Å²) in [6.45, 7) is 8.49. The highest BCUT2D eigenvalue weighted by atomic mass is 28.4. The standard InChI is InChI=1S/C23H30O3Si/c1-27(2,3)26-22-14-21(18-24-16-19-10-6-4-7-11-19)23(15-22)25-17-20-12-8-5-9-13-20/h4-14,22-23H,15-18H2,1-3H3/t22-,23-/m0/s1. The maximum Gasteiger partial charge on any atom is 0.184 e. The van der Waals surface area contributed by atoms with Crippen molar-refractivity contribution >= 4 is 8.32 Å². The largest absolute Gasteiger partial charge is 0.411 e. The van der Waals surface area contributed by atoms with Gasteiger partial charge in [0, 0.05) is 6.42 Å². The third-order valence-corrected chi connectivity index (χ3v) is 5.45. The fraction of sp³-hybridized carbons (Fsp3) is 0.391. The average molecular weight is 383 g/mol. The zero-order valence-electron chi connectivity index (χ0n) is 16.6. The molecule has 0 fully saturated rings. The predicted molar refractivity (Wildman–Crippen MR) is 112 cm³/mol. The molecule has 3 nitrogen and oxygen atoms in total. The van der Waals surface area contributed by atoms with Gasteiger partial charge in [0.05, 0.1) is 32.0 Å². The Morgan fingerprint density at radius 2 is 1.41 bits per heavy atom. The SMILES string of the molecule is C[Si](C)(C)O[C@H]1C=C(COCc2ccccc2)[C@@H](OCc2ccccc2)C1. The highest BCUT2D eigenvalue weighted by molar-refractivity contribution is 6.69. The molecule has 0 heterocycles. The predicted octanol–water partition coefficient (Wildman–Crippen LogP) is 5.34. The quantitative estimate of drug-likeness (QED) is 0.433. The van der Waals surface area contributed by atoms with Gasteiger partial charge in [-0.05, 0) is 36.3 Å². The zero-order valence-corrected chi connectivity index (χ0v) is 17.6. The van der Waals surface area contributed by atoms with Crippen LogP contribution in [0.15, 0.2) is 72.3 Å². The maximum absolute atomic E-state index is 6.30. The summed E-state index contributed by atoms with van der Waals surface area (Å²) in [4.78, 5) is 0. The van der Waals surface area contributed by atoms with Gasteiger partial charge in [0.1, 0.15) is 0 Å². The maximum atomic E-state index is 6.30. The summed E-state index contributed by atoms with van der Waals surface area (Å²) in [5, 5.41) is 0. The van der Waals surface area contributed by atoms with Gasteiger partial charge < -0.3 is 13.9 Å². The van der Waals surface area contributed by atoms with Crippen LogP contribution >= 0.6 is 0 Å². The van der Waals surface area contributed by atoms with Crippen molar-refractivity contribution in [3.8, 4) is 0 Å². The Morgan fingerprint density at radius 1 is 0.815 bits per heavy atom. The van der Waals surface area contributed by atoms with E-state index in [2.05, 4.69) is 50.0 Å². The molecule has 0 radical (unpaired) electrons. The van der Waals surface area contributed by atoms with E-state index in [1.807, 2.05) is 36.4 Å². The molecule has 0 N–H and O–H groups in total. The van der Waals surface area contributed by atoms with Crippen LogP contribution in [0, 0.1) is 0 Å². The molecule has 0 unspecified atom stereocenters. The molecule has 1 aliphatic carbocycles. The summed E-state index contributed by atoms with van der Waals surface area (Å²) < 4.78 is 18.5. The van der Waals surface area contributed by atoms with Crippen LogP contribution in [0.3, 0.4) is 0 Å². The van der Waals surface area contributed by atoms with Crippen LogP contribution in [0.2, 0.25) is 19.6 Å². The number of ether oxygens (including phenoxy) is 2. The number of benzene rings is 2. The van der Waals surface area contributed by atoms with E-state index in [9.17, 15) is 0 Å². The van der Waals surface area contributed by atoms with E-state index in [1.54, 1.807) is 0 Å². The second-order valence-corrected chi connectivity index (χ2v) is 12.5. The molecule has 144 valence electrons. The Hall–Kier alpha value is -1.72. The van der Waals surface area contributed by atoms with Gasteiger partial charge in [-0.3, -0.25) is 0 Å². The lowest BCUT2D eigenvalue weighted by Gasteiger charge is -2.23. The highest BCUT2D eigenvalue weighted by Gasteiger charge is 2.31. The molecule has 0 saturated carbocycles. The van der Waals surface area contributed by atoms with Crippen LogP contribution in [-0.2, 0) is 27.1 Å². The van der Waals surface area contributed by atoms with E-state index in [0.29, 0.717) is 19.8 Å². The second kappa shape index (κ2) is 9.47. The van der Waals surface area contributed by atoms with Gasteiger partial charge >= 0.3 is 0 Å². The first-order chi connectivity index (χ1) is 13.0. The summed E-state index contributed by atoms with van der Waals surface area (Å²) in [6.07, 6.45) is 3.29. The van der Waals surface area contributed by atoms with Gasteiger partial charge in [-0.2, -0.15) is 0 Å². The van der Waals surface area contributed by atoms with Crippen LogP contribution in [-0.4, -0.2) is 27.1 Å². The van der Waals surface area contributed by atoms with Crippen LogP contribution in [0.4, 0.5) is 0 Å². The molecule has 0 spiro atoms. The minimum atomic E-state index is -1.59. The summed E-state index contributed by atoms with van der Waals surface area (Å²) in [7, 11) is -1.59. The first-order valence-electron chi connectivity index (χ1n) is 9.65. The molecular weight excluding hydrogens is 352 g/mol. The lowest BCUT2D eigenvalue weighted by molar-refractivity contribution is 0.0368. The van der Waals surface area contributed by atoms with Crippen LogP contribution in [0.1, 0.15) is 17.5 Å². The Bertz CT molecular complexity index is 722. The van der Waals surface area contributed by atoms with Crippen molar-refractivity contribution in [1.29, 1.82) is 0 Å². The Balaban J connectivity index is 1.58. The molecule has 1 aliphatic rings. The summed E-state index contributed by atoms with van der Waals surface area (Å²) in [5.74, 6) is 0. The van der Waals surface area contributed by atoms with E-state index < -0.39 is 8.32 Å². The summed E-state index contributed by atoms with van der Waals surface area (Å²) in [6, 6.07) is 20.6. The van der Waals surface area contributed by atoms with Crippen molar-refractivity contribution in [1.82, 2.24) is 0 Å². The molecule has 0 aliphatic heterocycles. The van der Waals surface area contributed by atoms with Crippen molar-refractivity contribution < 1.29 is 13.9 Å².